The summed E-state index contributed by atoms with van der Waals surface area (Å²) in [5.74, 6) is -0.861. The van der Waals surface area contributed by atoms with E-state index in [4.69, 9.17) is 14.2 Å². The van der Waals surface area contributed by atoms with Crippen molar-refractivity contribution in [3.05, 3.63) is 36.5 Å². The first-order chi connectivity index (χ1) is 39.0. The Morgan fingerprint density at radius 3 is 0.772 bits per heavy atom. The van der Waals surface area contributed by atoms with E-state index in [1.807, 2.05) is 0 Å². The molecule has 0 fully saturated rings. The van der Waals surface area contributed by atoms with Crippen molar-refractivity contribution in [3.63, 3.8) is 0 Å². The first-order valence-electron chi connectivity index (χ1n) is 35.5. The predicted molar refractivity (Wildman–Crippen MR) is 344 cm³/mol. The second-order valence-electron chi connectivity index (χ2n) is 24.1. The lowest BCUT2D eigenvalue weighted by Crippen LogP contribution is -2.30. The molecule has 1 atom stereocenters. The molecular formula is C73H136O6. The molecule has 0 N–H and O–H groups in total. The molecule has 0 aliphatic carbocycles. The maximum atomic E-state index is 12.9. The van der Waals surface area contributed by atoms with Gasteiger partial charge in [0.15, 0.2) is 6.10 Å². The normalized spacial score (nSPS) is 12.2. The molecule has 0 saturated heterocycles. The molecule has 0 bridgehead atoms. The SMILES string of the molecule is CC/C=C\C/C=C\C/C=C\CCCCCCCCCC(=O)OC(COC(=O)CCCCCCCCCCC)COC(=O)CCCCCCCCCCCCCCCCCCCCCCCCCCCCCCCCCCCCC. The molecule has 0 heterocycles. The lowest BCUT2D eigenvalue weighted by Gasteiger charge is -2.18. The summed E-state index contributed by atoms with van der Waals surface area (Å²) in [5, 5.41) is 0. The Morgan fingerprint density at radius 1 is 0.266 bits per heavy atom. The Kier molecular flexibility index (Phi) is 66.1. The topological polar surface area (TPSA) is 78.9 Å². The van der Waals surface area contributed by atoms with E-state index in [0.29, 0.717) is 19.3 Å². The molecule has 6 nitrogen and oxygen atoms in total. The number of allylic oxidation sites excluding steroid dienone is 6. The van der Waals surface area contributed by atoms with Crippen LogP contribution >= 0.6 is 0 Å². The molecule has 0 aliphatic heterocycles. The third kappa shape index (κ3) is 66.3. The number of carbonyl (C=O) groups excluding carboxylic acids is 3. The van der Waals surface area contributed by atoms with E-state index in [1.54, 1.807) is 0 Å². The minimum Gasteiger partial charge on any atom is -0.462 e. The second kappa shape index (κ2) is 68.1. The summed E-state index contributed by atoms with van der Waals surface area (Å²) in [6.07, 6.45) is 85.0. The number of rotatable bonds is 66. The monoisotopic (exact) mass is 1110 g/mol. The van der Waals surface area contributed by atoms with E-state index < -0.39 is 6.10 Å². The molecule has 79 heavy (non-hydrogen) atoms. The number of hydrogen-bond donors (Lipinski definition) is 0. The number of hydrogen-bond acceptors (Lipinski definition) is 6. The van der Waals surface area contributed by atoms with Gasteiger partial charge < -0.3 is 14.2 Å². The molecule has 0 saturated carbocycles. The van der Waals surface area contributed by atoms with E-state index in [1.165, 1.54) is 270 Å². The van der Waals surface area contributed by atoms with Crippen LogP contribution in [0.3, 0.4) is 0 Å². The van der Waals surface area contributed by atoms with Crippen LogP contribution in [0.5, 0.6) is 0 Å². The van der Waals surface area contributed by atoms with Crippen molar-refractivity contribution in [2.24, 2.45) is 0 Å². The molecule has 6 heteroatoms. The van der Waals surface area contributed by atoms with E-state index in [9.17, 15) is 14.4 Å². The van der Waals surface area contributed by atoms with Crippen LogP contribution < -0.4 is 0 Å². The lowest BCUT2D eigenvalue weighted by atomic mass is 10.0. The summed E-state index contributed by atoms with van der Waals surface area (Å²) in [6, 6.07) is 0. The summed E-state index contributed by atoms with van der Waals surface area (Å²) < 4.78 is 16.9. The standard InChI is InChI=1S/C73H136O6/c1-4-7-10-13-16-19-21-23-25-27-28-29-30-31-32-33-34-35-36-37-38-39-40-41-42-43-44-46-47-49-51-54-57-60-63-66-72(75)78-69-70(68-77-71(74)65-62-59-56-53-18-15-12-9-6-3)79-73(76)67-64-61-58-55-52-50-48-45-26-24-22-20-17-14-11-8-5-2/h8,11,17,20,24,26,70H,4-7,9-10,12-16,18-19,21-23,25,27-69H2,1-3H3/b11-8-,20-17-,26-24-. The van der Waals surface area contributed by atoms with Gasteiger partial charge in [0.05, 0.1) is 0 Å². The summed E-state index contributed by atoms with van der Waals surface area (Å²) in [7, 11) is 0. The van der Waals surface area contributed by atoms with Crippen LogP contribution in [0.2, 0.25) is 0 Å². The van der Waals surface area contributed by atoms with Crippen LogP contribution in [0, 0.1) is 0 Å². The fraction of sp³-hybridized carbons (Fsp3) is 0.877. The van der Waals surface area contributed by atoms with Crippen LogP contribution in [0.25, 0.3) is 0 Å². The molecule has 0 aromatic carbocycles. The maximum Gasteiger partial charge on any atom is 0.306 e. The third-order valence-electron chi connectivity index (χ3n) is 16.2. The van der Waals surface area contributed by atoms with Crippen molar-refractivity contribution < 1.29 is 28.6 Å². The van der Waals surface area contributed by atoms with Gasteiger partial charge in [0.1, 0.15) is 13.2 Å². The molecule has 0 radical (unpaired) electrons. The van der Waals surface area contributed by atoms with E-state index in [2.05, 4.69) is 57.2 Å². The molecule has 0 aliphatic rings. The average Bonchev–Trinajstić information content (AvgIpc) is 3.45. The Hall–Kier alpha value is -2.37. The fourth-order valence-corrected chi connectivity index (χ4v) is 10.9. The quantitative estimate of drug-likeness (QED) is 0.0261. The van der Waals surface area contributed by atoms with Crippen LogP contribution in [0.4, 0.5) is 0 Å². The Balaban J connectivity index is 3.97. The minimum atomic E-state index is -0.774. The molecule has 464 valence electrons. The van der Waals surface area contributed by atoms with Crippen molar-refractivity contribution >= 4 is 17.9 Å². The van der Waals surface area contributed by atoms with Gasteiger partial charge in [-0.2, -0.15) is 0 Å². The molecule has 0 spiro atoms. The zero-order valence-corrected chi connectivity index (χ0v) is 53.4. The van der Waals surface area contributed by atoms with E-state index >= 15 is 0 Å². The van der Waals surface area contributed by atoms with Gasteiger partial charge in [0.2, 0.25) is 0 Å². The number of esters is 3. The van der Waals surface area contributed by atoms with Gasteiger partial charge in [-0.05, 0) is 51.4 Å². The van der Waals surface area contributed by atoms with Crippen LogP contribution in [-0.2, 0) is 28.6 Å². The van der Waals surface area contributed by atoms with Gasteiger partial charge in [-0.1, -0.05) is 359 Å². The van der Waals surface area contributed by atoms with Gasteiger partial charge >= 0.3 is 17.9 Å². The first-order valence-corrected chi connectivity index (χ1v) is 35.5. The second-order valence-corrected chi connectivity index (χ2v) is 24.1. The molecule has 1 unspecified atom stereocenters. The Morgan fingerprint density at radius 2 is 0.494 bits per heavy atom. The molecular weight excluding hydrogens is 973 g/mol. The van der Waals surface area contributed by atoms with Crippen molar-refractivity contribution in [3.8, 4) is 0 Å². The van der Waals surface area contributed by atoms with Gasteiger partial charge in [-0.25, -0.2) is 0 Å². The van der Waals surface area contributed by atoms with Crippen LogP contribution in [0.1, 0.15) is 393 Å². The summed E-state index contributed by atoms with van der Waals surface area (Å²) in [6.45, 7) is 6.56. The van der Waals surface area contributed by atoms with E-state index in [-0.39, 0.29) is 31.1 Å². The highest BCUT2D eigenvalue weighted by Gasteiger charge is 2.19. The summed E-state index contributed by atoms with van der Waals surface area (Å²) in [4.78, 5) is 38.2. The zero-order valence-electron chi connectivity index (χ0n) is 53.4. The number of carbonyl (C=O) groups is 3. The van der Waals surface area contributed by atoms with Gasteiger partial charge in [-0.3, -0.25) is 14.4 Å². The predicted octanol–water partition coefficient (Wildman–Crippen LogP) is 24.3. The Labute approximate surface area is 493 Å². The van der Waals surface area contributed by atoms with Gasteiger partial charge in [-0.15, -0.1) is 0 Å². The highest BCUT2D eigenvalue weighted by molar-refractivity contribution is 5.71. The fourth-order valence-electron chi connectivity index (χ4n) is 10.9. The largest absolute Gasteiger partial charge is 0.462 e. The van der Waals surface area contributed by atoms with Crippen LogP contribution in [0.15, 0.2) is 36.5 Å². The Bertz CT molecular complexity index is 1320. The number of ether oxygens (including phenoxy) is 3. The maximum absolute atomic E-state index is 12.9. The minimum absolute atomic E-state index is 0.0713. The van der Waals surface area contributed by atoms with Crippen molar-refractivity contribution in [1.29, 1.82) is 0 Å². The molecule has 0 aromatic heterocycles. The first kappa shape index (κ1) is 76.6. The smallest absolute Gasteiger partial charge is 0.306 e. The third-order valence-corrected chi connectivity index (χ3v) is 16.2. The molecule has 0 rings (SSSR count). The van der Waals surface area contributed by atoms with Crippen molar-refractivity contribution in [2.75, 3.05) is 13.2 Å². The lowest BCUT2D eigenvalue weighted by molar-refractivity contribution is -0.167. The van der Waals surface area contributed by atoms with Crippen LogP contribution in [-0.4, -0.2) is 37.2 Å². The van der Waals surface area contributed by atoms with Gasteiger partial charge in [0.25, 0.3) is 0 Å². The van der Waals surface area contributed by atoms with E-state index in [0.717, 1.165) is 83.5 Å². The van der Waals surface area contributed by atoms with Crippen molar-refractivity contribution in [1.82, 2.24) is 0 Å². The molecule has 0 amide bonds. The molecule has 0 aromatic rings. The zero-order chi connectivity index (χ0) is 57.1. The van der Waals surface area contributed by atoms with Gasteiger partial charge in [0, 0.05) is 19.3 Å². The summed E-state index contributed by atoms with van der Waals surface area (Å²) >= 11 is 0. The highest BCUT2D eigenvalue weighted by Crippen LogP contribution is 2.19. The number of unbranched alkanes of at least 4 members (excludes halogenated alkanes) is 49. The summed E-state index contributed by atoms with van der Waals surface area (Å²) in [5.41, 5.74) is 0. The highest BCUT2D eigenvalue weighted by atomic mass is 16.6. The van der Waals surface area contributed by atoms with Crippen molar-refractivity contribution in [2.45, 2.75) is 399 Å². The average molecular weight is 1110 g/mol.